The molecule has 1 N–H and O–H groups in total. The number of anilines is 1. The van der Waals surface area contributed by atoms with E-state index < -0.39 is 5.91 Å². The summed E-state index contributed by atoms with van der Waals surface area (Å²) in [5.74, 6) is 0.970. The standard InChI is InChI=1S/C24H22N6O5S/c1-4-21-28-30-22(31)11-17(26-24(30)36-21)13-34-18-7-6-15(10-19(18)33-5-2)9-16(12-25)23(32)27-20-8-14(3)35-29-20/h6-11H,4-5,13H2,1-3H3,(H,27,29,32). The molecule has 1 aromatic carbocycles. The molecule has 36 heavy (non-hydrogen) atoms. The smallest absolute Gasteiger partial charge is 0.275 e. The number of nitrogens with zero attached hydrogens (tertiary/aromatic N) is 5. The number of carbonyl (C=O) groups is 1. The third-order valence-corrected chi connectivity index (χ3v) is 5.88. The zero-order valence-corrected chi connectivity index (χ0v) is 20.6. The van der Waals surface area contributed by atoms with Crippen molar-refractivity contribution >= 4 is 34.1 Å². The number of nitriles is 1. The number of carbonyl (C=O) groups excluding carboxylic acids is 1. The Morgan fingerprint density at radius 2 is 2.08 bits per heavy atom. The Labute approximate surface area is 209 Å². The highest BCUT2D eigenvalue weighted by Crippen LogP contribution is 2.30. The van der Waals surface area contributed by atoms with Gasteiger partial charge in [-0.15, -0.1) is 0 Å². The van der Waals surface area contributed by atoms with Gasteiger partial charge in [0.05, 0.1) is 12.3 Å². The Morgan fingerprint density at radius 3 is 2.78 bits per heavy atom. The Bertz CT molecular complexity index is 1540. The minimum atomic E-state index is -0.619. The first-order chi connectivity index (χ1) is 17.4. The quantitative estimate of drug-likeness (QED) is 0.266. The molecule has 1 amide bonds. The Kier molecular flexibility index (Phi) is 7.41. The average molecular weight is 507 g/mol. The zero-order chi connectivity index (χ0) is 25.7. The van der Waals surface area contributed by atoms with E-state index in [1.807, 2.05) is 19.9 Å². The van der Waals surface area contributed by atoms with Crippen LogP contribution in [0.5, 0.6) is 11.5 Å². The first-order valence-corrected chi connectivity index (χ1v) is 11.9. The van der Waals surface area contributed by atoms with Gasteiger partial charge in [-0.3, -0.25) is 9.59 Å². The first-order valence-electron chi connectivity index (χ1n) is 11.0. The predicted octanol–water partition coefficient (Wildman–Crippen LogP) is 3.53. The molecule has 11 nitrogen and oxygen atoms in total. The van der Waals surface area contributed by atoms with E-state index in [1.165, 1.54) is 28.0 Å². The van der Waals surface area contributed by atoms with E-state index in [2.05, 4.69) is 20.6 Å². The molecule has 3 aromatic heterocycles. The molecule has 12 heteroatoms. The minimum Gasteiger partial charge on any atom is -0.490 e. The largest absolute Gasteiger partial charge is 0.490 e. The van der Waals surface area contributed by atoms with Crippen LogP contribution in [0, 0.1) is 18.3 Å². The topological polar surface area (TPSA) is 145 Å². The Balaban J connectivity index is 1.53. The third-order valence-electron chi connectivity index (χ3n) is 4.83. The first kappa shape index (κ1) is 24.6. The monoisotopic (exact) mass is 506 g/mol. The van der Waals surface area contributed by atoms with E-state index in [0.29, 0.717) is 46.5 Å². The van der Waals surface area contributed by atoms with Crippen LogP contribution in [0.4, 0.5) is 5.82 Å². The lowest BCUT2D eigenvalue weighted by molar-refractivity contribution is -0.112. The van der Waals surface area contributed by atoms with Gasteiger partial charge in [-0.2, -0.15) is 14.9 Å². The average Bonchev–Trinajstić information content (AvgIpc) is 3.47. The van der Waals surface area contributed by atoms with Crippen molar-refractivity contribution in [2.45, 2.75) is 33.8 Å². The number of nitrogens with one attached hydrogen (secondary N) is 1. The molecule has 0 aliphatic heterocycles. The molecule has 0 spiro atoms. The zero-order valence-electron chi connectivity index (χ0n) is 19.8. The van der Waals surface area contributed by atoms with Crippen molar-refractivity contribution in [3.8, 4) is 17.6 Å². The van der Waals surface area contributed by atoms with Gasteiger partial charge in [0.2, 0.25) is 4.96 Å². The summed E-state index contributed by atoms with van der Waals surface area (Å²) in [5, 5.41) is 20.7. The summed E-state index contributed by atoms with van der Waals surface area (Å²) in [5.41, 5.74) is 0.622. The van der Waals surface area contributed by atoms with Gasteiger partial charge in [0, 0.05) is 12.1 Å². The molecule has 4 aromatic rings. The fraction of sp³-hybridized carbons (Fsp3) is 0.250. The van der Waals surface area contributed by atoms with Crippen molar-refractivity contribution in [1.82, 2.24) is 19.8 Å². The van der Waals surface area contributed by atoms with Crippen LogP contribution in [0.25, 0.3) is 11.0 Å². The summed E-state index contributed by atoms with van der Waals surface area (Å²) in [6, 6.07) is 9.83. The fourth-order valence-electron chi connectivity index (χ4n) is 3.19. The maximum Gasteiger partial charge on any atom is 0.275 e. The van der Waals surface area contributed by atoms with Crippen LogP contribution in [0.15, 0.2) is 45.2 Å². The van der Waals surface area contributed by atoms with Gasteiger partial charge in [-0.05, 0) is 44.0 Å². The number of aryl methyl sites for hydroxylation is 2. The lowest BCUT2D eigenvalue weighted by Crippen LogP contribution is -2.16. The van der Waals surface area contributed by atoms with Crippen LogP contribution in [0.1, 0.15) is 35.9 Å². The van der Waals surface area contributed by atoms with E-state index in [-0.39, 0.29) is 23.6 Å². The van der Waals surface area contributed by atoms with Gasteiger partial charge < -0.3 is 19.3 Å². The van der Waals surface area contributed by atoms with Crippen molar-refractivity contribution in [2.24, 2.45) is 0 Å². The molecule has 0 bridgehead atoms. The summed E-state index contributed by atoms with van der Waals surface area (Å²) in [4.78, 5) is 29.8. The molecular weight excluding hydrogens is 484 g/mol. The molecule has 0 aliphatic carbocycles. The van der Waals surface area contributed by atoms with Crippen LogP contribution < -0.4 is 20.3 Å². The van der Waals surface area contributed by atoms with Crippen LogP contribution >= 0.6 is 11.3 Å². The summed E-state index contributed by atoms with van der Waals surface area (Å²) >= 11 is 1.36. The Morgan fingerprint density at radius 1 is 1.25 bits per heavy atom. The number of fused-ring (bicyclic) bond motifs is 1. The Hall–Kier alpha value is -4.50. The van der Waals surface area contributed by atoms with E-state index in [0.717, 1.165) is 5.01 Å². The second-order valence-electron chi connectivity index (χ2n) is 7.50. The molecule has 184 valence electrons. The maximum atomic E-state index is 12.5. The van der Waals surface area contributed by atoms with E-state index in [9.17, 15) is 14.9 Å². The number of hydrogen-bond acceptors (Lipinski definition) is 10. The van der Waals surface area contributed by atoms with Crippen LogP contribution in [-0.4, -0.2) is 32.3 Å². The van der Waals surface area contributed by atoms with Crippen molar-refractivity contribution in [3.63, 3.8) is 0 Å². The number of hydrogen-bond donors (Lipinski definition) is 1. The minimum absolute atomic E-state index is 0.0450. The van der Waals surface area contributed by atoms with E-state index in [4.69, 9.17) is 14.0 Å². The van der Waals surface area contributed by atoms with Crippen molar-refractivity contribution in [1.29, 1.82) is 5.26 Å². The number of amides is 1. The number of ether oxygens (including phenoxy) is 2. The van der Waals surface area contributed by atoms with E-state index >= 15 is 0 Å². The van der Waals surface area contributed by atoms with Crippen LogP contribution in [-0.2, 0) is 17.8 Å². The molecule has 0 saturated carbocycles. The summed E-state index contributed by atoms with van der Waals surface area (Å²) in [6.07, 6.45) is 2.15. The van der Waals surface area contributed by atoms with Gasteiger partial charge in [-0.1, -0.05) is 29.5 Å². The molecular formula is C24H22N6O5S. The van der Waals surface area contributed by atoms with Gasteiger partial charge in [-0.25, -0.2) is 4.98 Å². The van der Waals surface area contributed by atoms with Crippen molar-refractivity contribution < 1.29 is 18.8 Å². The highest BCUT2D eigenvalue weighted by molar-refractivity contribution is 7.16. The van der Waals surface area contributed by atoms with Crippen molar-refractivity contribution in [3.05, 3.63) is 68.3 Å². The summed E-state index contributed by atoms with van der Waals surface area (Å²) < 4.78 is 17.8. The number of aromatic nitrogens is 4. The molecule has 0 unspecified atom stereocenters. The van der Waals surface area contributed by atoms with E-state index in [1.54, 1.807) is 31.2 Å². The maximum absolute atomic E-state index is 12.5. The SMILES string of the molecule is CCOc1cc(C=C(C#N)C(=O)Nc2cc(C)on2)ccc1OCc1cc(=O)n2nc(CC)sc2n1. The fourth-order valence-corrected chi connectivity index (χ4v) is 4.05. The molecule has 0 atom stereocenters. The second kappa shape index (κ2) is 10.8. The number of rotatable bonds is 9. The lowest BCUT2D eigenvalue weighted by atomic mass is 10.1. The normalized spacial score (nSPS) is 11.3. The molecule has 3 heterocycles. The van der Waals surface area contributed by atoms with Gasteiger partial charge >= 0.3 is 0 Å². The molecule has 0 saturated heterocycles. The highest BCUT2D eigenvalue weighted by atomic mass is 32.1. The van der Waals surface area contributed by atoms with Gasteiger partial charge in [0.1, 0.15) is 29.0 Å². The molecule has 4 rings (SSSR count). The number of benzene rings is 1. The lowest BCUT2D eigenvalue weighted by Gasteiger charge is -2.12. The third kappa shape index (κ3) is 5.59. The molecule has 0 aliphatic rings. The summed E-state index contributed by atoms with van der Waals surface area (Å²) in [7, 11) is 0. The molecule has 0 fully saturated rings. The highest BCUT2D eigenvalue weighted by Gasteiger charge is 2.14. The van der Waals surface area contributed by atoms with Crippen LogP contribution in [0.2, 0.25) is 0 Å². The predicted molar refractivity (Wildman–Crippen MR) is 132 cm³/mol. The van der Waals surface area contributed by atoms with Gasteiger partial charge in [0.15, 0.2) is 17.3 Å². The summed E-state index contributed by atoms with van der Waals surface area (Å²) in [6.45, 7) is 5.89. The van der Waals surface area contributed by atoms with Crippen molar-refractivity contribution in [2.75, 3.05) is 11.9 Å². The molecule has 0 radical (unpaired) electrons. The second-order valence-corrected chi connectivity index (χ2v) is 8.54. The van der Waals surface area contributed by atoms with Gasteiger partial charge in [0.25, 0.3) is 11.5 Å². The van der Waals surface area contributed by atoms with Crippen LogP contribution in [0.3, 0.4) is 0 Å².